The van der Waals surface area contributed by atoms with Crippen molar-refractivity contribution >= 4 is 11.6 Å². The van der Waals surface area contributed by atoms with Crippen molar-refractivity contribution in [2.75, 3.05) is 0 Å². The van der Waals surface area contributed by atoms with Crippen LogP contribution in [0.25, 0.3) is 0 Å². The van der Waals surface area contributed by atoms with Crippen LogP contribution in [-0.4, -0.2) is 26.7 Å². The summed E-state index contributed by atoms with van der Waals surface area (Å²) in [5, 5.41) is 17.0. The number of nitrogens with zero attached hydrogens (tertiary/aromatic N) is 3. The van der Waals surface area contributed by atoms with E-state index in [1.165, 1.54) is 11.7 Å². The summed E-state index contributed by atoms with van der Waals surface area (Å²) < 4.78 is 1.20. The van der Waals surface area contributed by atoms with Crippen LogP contribution in [0.2, 0.25) is 0 Å². The maximum Gasteiger partial charge on any atom is 0.320 e. The number of nitro groups is 1. The van der Waals surface area contributed by atoms with Crippen LogP contribution in [-0.2, 0) is 7.05 Å². The lowest BCUT2D eigenvalue weighted by atomic mass is 10.2. The predicted octanol–water partition coefficient (Wildman–Crippen LogP) is 0.857. The molecule has 1 atom stereocenters. The highest BCUT2D eigenvalue weighted by Gasteiger charge is 2.25. The van der Waals surface area contributed by atoms with Crippen LogP contribution >= 0.6 is 0 Å². The number of carbonyl (C=O) groups is 1. The van der Waals surface area contributed by atoms with E-state index in [9.17, 15) is 14.9 Å². The van der Waals surface area contributed by atoms with Crippen LogP contribution in [0.3, 0.4) is 0 Å². The molecule has 0 spiro atoms. The molecule has 0 fully saturated rings. The van der Waals surface area contributed by atoms with E-state index in [4.69, 9.17) is 0 Å². The fraction of sp³-hybridized carbons (Fsp3) is 0.556. The summed E-state index contributed by atoms with van der Waals surface area (Å²) in [6.07, 6.45) is 1.84. The summed E-state index contributed by atoms with van der Waals surface area (Å²) in [6, 6.07) is -0.0259. The number of nitrogens with one attached hydrogen (secondary N) is 1. The van der Waals surface area contributed by atoms with Gasteiger partial charge in [0.25, 0.3) is 5.91 Å². The summed E-state index contributed by atoms with van der Waals surface area (Å²) in [7, 11) is 1.50. The Balaban J connectivity index is 2.98. The number of hydrogen-bond donors (Lipinski definition) is 1. The summed E-state index contributed by atoms with van der Waals surface area (Å²) >= 11 is 0. The molecule has 0 saturated carbocycles. The zero-order valence-corrected chi connectivity index (χ0v) is 9.43. The number of aryl methyl sites for hydroxylation is 1. The first kappa shape index (κ1) is 12.2. The van der Waals surface area contributed by atoms with Gasteiger partial charge in [0, 0.05) is 13.1 Å². The minimum Gasteiger partial charge on any atom is -0.348 e. The van der Waals surface area contributed by atoms with Crippen LogP contribution in [0, 0.1) is 10.1 Å². The smallest absolute Gasteiger partial charge is 0.320 e. The SMILES string of the molecule is CCC(C)NC(=O)c1c([N+](=O)[O-])cnn1C. The van der Waals surface area contributed by atoms with Gasteiger partial charge in [0.05, 0.1) is 4.92 Å². The van der Waals surface area contributed by atoms with Crippen LogP contribution in [0.1, 0.15) is 30.8 Å². The van der Waals surface area contributed by atoms with E-state index in [1.807, 2.05) is 13.8 Å². The minimum absolute atomic E-state index is 0.0229. The first-order chi connectivity index (χ1) is 7.47. The Morgan fingerprint density at radius 1 is 1.75 bits per heavy atom. The number of aromatic nitrogens is 2. The molecule has 0 radical (unpaired) electrons. The Kier molecular flexibility index (Phi) is 3.60. The Hall–Kier alpha value is -1.92. The Bertz CT molecular complexity index is 413. The molecular formula is C9H14N4O3. The molecular weight excluding hydrogens is 212 g/mol. The molecule has 0 bridgehead atoms. The molecule has 1 unspecified atom stereocenters. The summed E-state index contributed by atoms with van der Waals surface area (Å²) in [6.45, 7) is 3.75. The molecule has 1 aromatic heterocycles. The van der Waals surface area contributed by atoms with E-state index in [1.54, 1.807) is 0 Å². The van der Waals surface area contributed by atoms with E-state index in [-0.39, 0.29) is 17.4 Å². The molecule has 0 aromatic carbocycles. The average molecular weight is 226 g/mol. The molecule has 0 saturated heterocycles. The van der Waals surface area contributed by atoms with E-state index >= 15 is 0 Å². The molecule has 7 nitrogen and oxygen atoms in total. The normalized spacial score (nSPS) is 12.2. The van der Waals surface area contributed by atoms with Gasteiger partial charge in [0.15, 0.2) is 0 Å². The first-order valence-corrected chi connectivity index (χ1v) is 4.94. The van der Waals surface area contributed by atoms with E-state index in [2.05, 4.69) is 10.4 Å². The second-order valence-electron chi connectivity index (χ2n) is 3.54. The second-order valence-corrected chi connectivity index (χ2v) is 3.54. The van der Waals surface area contributed by atoms with Crippen molar-refractivity contribution in [1.82, 2.24) is 15.1 Å². The van der Waals surface area contributed by atoms with Gasteiger partial charge in [-0.3, -0.25) is 19.6 Å². The van der Waals surface area contributed by atoms with Crippen LogP contribution in [0.15, 0.2) is 6.20 Å². The van der Waals surface area contributed by atoms with Gasteiger partial charge in [-0.1, -0.05) is 6.92 Å². The van der Waals surface area contributed by atoms with Gasteiger partial charge < -0.3 is 5.32 Å². The predicted molar refractivity (Wildman–Crippen MR) is 57.1 cm³/mol. The van der Waals surface area contributed by atoms with Crippen LogP contribution in [0.5, 0.6) is 0 Å². The highest BCUT2D eigenvalue weighted by molar-refractivity contribution is 5.96. The van der Waals surface area contributed by atoms with E-state index in [0.29, 0.717) is 0 Å². The van der Waals surface area contributed by atoms with Gasteiger partial charge in [-0.2, -0.15) is 5.10 Å². The average Bonchev–Trinajstić information content (AvgIpc) is 2.59. The number of hydrogen-bond acceptors (Lipinski definition) is 4. The highest BCUT2D eigenvalue weighted by atomic mass is 16.6. The molecule has 0 aliphatic rings. The van der Waals surface area contributed by atoms with Gasteiger partial charge in [-0.25, -0.2) is 0 Å². The van der Waals surface area contributed by atoms with Crippen molar-refractivity contribution in [3.05, 3.63) is 22.0 Å². The fourth-order valence-electron chi connectivity index (χ4n) is 1.22. The van der Waals surface area contributed by atoms with E-state index < -0.39 is 10.8 Å². The van der Waals surface area contributed by atoms with Crippen LogP contribution < -0.4 is 5.32 Å². The zero-order valence-electron chi connectivity index (χ0n) is 9.43. The topological polar surface area (TPSA) is 90.1 Å². The Morgan fingerprint density at radius 2 is 2.38 bits per heavy atom. The highest BCUT2D eigenvalue weighted by Crippen LogP contribution is 2.16. The maximum atomic E-state index is 11.7. The van der Waals surface area contributed by atoms with Crippen molar-refractivity contribution in [2.45, 2.75) is 26.3 Å². The quantitative estimate of drug-likeness (QED) is 0.608. The van der Waals surface area contributed by atoms with Crippen molar-refractivity contribution in [3.8, 4) is 0 Å². The third-order valence-corrected chi connectivity index (χ3v) is 2.32. The molecule has 16 heavy (non-hydrogen) atoms. The second kappa shape index (κ2) is 4.73. The minimum atomic E-state index is -0.613. The lowest BCUT2D eigenvalue weighted by Crippen LogP contribution is -2.33. The van der Waals surface area contributed by atoms with Gasteiger partial charge in [-0.05, 0) is 13.3 Å². The molecule has 1 heterocycles. The molecule has 1 amide bonds. The summed E-state index contributed by atoms with van der Waals surface area (Å²) in [5.41, 5.74) is -0.298. The third-order valence-electron chi connectivity index (χ3n) is 2.32. The van der Waals surface area contributed by atoms with E-state index in [0.717, 1.165) is 12.6 Å². The zero-order chi connectivity index (χ0) is 12.3. The van der Waals surface area contributed by atoms with Crippen molar-refractivity contribution in [1.29, 1.82) is 0 Å². The Morgan fingerprint density at radius 3 is 2.88 bits per heavy atom. The largest absolute Gasteiger partial charge is 0.348 e. The maximum absolute atomic E-state index is 11.7. The molecule has 7 heteroatoms. The summed E-state index contributed by atoms with van der Waals surface area (Å²) in [4.78, 5) is 21.8. The lowest BCUT2D eigenvalue weighted by molar-refractivity contribution is -0.385. The van der Waals surface area contributed by atoms with Crippen LogP contribution in [0.4, 0.5) is 5.69 Å². The number of amides is 1. The first-order valence-electron chi connectivity index (χ1n) is 4.94. The molecule has 88 valence electrons. The van der Waals surface area contributed by atoms with Gasteiger partial charge in [-0.15, -0.1) is 0 Å². The summed E-state index contributed by atoms with van der Waals surface area (Å²) in [5.74, 6) is -0.471. The van der Waals surface area contributed by atoms with Gasteiger partial charge in [0.1, 0.15) is 6.20 Å². The van der Waals surface area contributed by atoms with Gasteiger partial charge in [0.2, 0.25) is 5.69 Å². The van der Waals surface area contributed by atoms with Crippen molar-refractivity contribution in [2.24, 2.45) is 7.05 Å². The van der Waals surface area contributed by atoms with Gasteiger partial charge >= 0.3 is 5.69 Å². The molecule has 1 N–H and O–H groups in total. The molecule has 0 aliphatic heterocycles. The number of carbonyl (C=O) groups excluding carboxylic acids is 1. The molecule has 0 aliphatic carbocycles. The monoisotopic (exact) mass is 226 g/mol. The molecule has 1 aromatic rings. The number of rotatable bonds is 4. The lowest BCUT2D eigenvalue weighted by Gasteiger charge is -2.10. The Labute approximate surface area is 92.6 Å². The molecule has 1 rings (SSSR count). The third kappa shape index (κ3) is 2.36. The fourth-order valence-corrected chi connectivity index (χ4v) is 1.22. The standard InChI is InChI=1S/C9H14N4O3/c1-4-6(2)11-9(14)8-7(13(15)16)5-10-12(8)3/h5-6H,4H2,1-3H3,(H,11,14). The van der Waals surface area contributed by atoms with Crippen molar-refractivity contribution < 1.29 is 9.72 Å². The van der Waals surface area contributed by atoms with Crippen molar-refractivity contribution in [3.63, 3.8) is 0 Å².